The maximum absolute atomic E-state index is 6.18. The molecule has 1 N–H and O–H groups in total. The molecule has 0 saturated heterocycles. The van der Waals surface area contributed by atoms with Crippen molar-refractivity contribution in [2.75, 3.05) is 5.32 Å². The summed E-state index contributed by atoms with van der Waals surface area (Å²) in [6, 6.07) is 11.4. The fourth-order valence-electron chi connectivity index (χ4n) is 2.24. The minimum Gasteiger partial charge on any atom is -0.379 e. The van der Waals surface area contributed by atoms with E-state index < -0.39 is 0 Å². The molecule has 1 heterocycles. The van der Waals surface area contributed by atoms with E-state index in [9.17, 15) is 0 Å². The van der Waals surface area contributed by atoms with Crippen LogP contribution in [0.4, 0.5) is 5.69 Å². The van der Waals surface area contributed by atoms with Gasteiger partial charge in [-0.15, -0.1) is 0 Å². The van der Waals surface area contributed by atoms with Crippen molar-refractivity contribution in [1.82, 2.24) is 4.98 Å². The molecule has 0 atom stereocenters. The molecule has 3 aromatic rings. The van der Waals surface area contributed by atoms with Gasteiger partial charge in [0.25, 0.3) is 0 Å². The van der Waals surface area contributed by atoms with Crippen LogP contribution in [0.15, 0.2) is 48.8 Å². The Hall–Kier alpha value is -1.48. The molecule has 0 spiro atoms. The normalized spacial score (nSPS) is 10.8. The lowest BCUT2D eigenvalue weighted by molar-refractivity contribution is 1.17. The Labute approximate surface area is 137 Å². The lowest BCUT2D eigenvalue weighted by Gasteiger charge is -2.12. The number of fused-ring (bicyclic) bond motifs is 1. The third-order valence-corrected chi connectivity index (χ3v) is 4.05. The van der Waals surface area contributed by atoms with Crippen LogP contribution in [-0.4, -0.2) is 4.98 Å². The SMILES string of the molecule is Clc1cc(Cl)c(NCc2cccc3cnccc23)c(Cl)c1. The average Bonchev–Trinajstić information content (AvgIpc) is 2.46. The molecule has 0 amide bonds. The van der Waals surface area contributed by atoms with E-state index in [0.29, 0.717) is 27.3 Å². The summed E-state index contributed by atoms with van der Waals surface area (Å²) in [5.74, 6) is 0. The van der Waals surface area contributed by atoms with Gasteiger partial charge >= 0.3 is 0 Å². The molecule has 1 aromatic heterocycles. The first-order valence-electron chi connectivity index (χ1n) is 6.35. The number of aromatic nitrogens is 1. The second-order valence-electron chi connectivity index (χ2n) is 4.61. The van der Waals surface area contributed by atoms with Crippen molar-refractivity contribution in [3.63, 3.8) is 0 Å². The Morgan fingerprint density at radius 2 is 1.76 bits per heavy atom. The maximum Gasteiger partial charge on any atom is 0.0722 e. The van der Waals surface area contributed by atoms with Crippen LogP contribution in [0, 0.1) is 0 Å². The van der Waals surface area contributed by atoms with Gasteiger partial charge in [-0.25, -0.2) is 0 Å². The van der Waals surface area contributed by atoms with Gasteiger partial charge in [0.15, 0.2) is 0 Å². The van der Waals surface area contributed by atoms with Gasteiger partial charge in [-0.05, 0) is 29.1 Å². The largest absolute Gasteiger partial charge is 0.379 e. The minimum absolute atomic E-state index is 0.509. The van der Waals surface area contributed by atoms with Crippen LogP contribution in [0.25, 0.3) is 10.8 Å². The molecule has 0 aliphatic rings. The fourth-order valence-corrected chi connectivity index (χ4v) is 3.19. The Morgan fingerprint density at radius 1 is 1.00 bits per heavy atom. The first kappa shape index (κ1) is 14.5. The number of benzene rings is 2. The molecular formula is C16H11Cl3N2. The zero-order valence-corrected chi connectivity index (χ0v) is 13.2. The summed E-state index contributed by atoms with van der Waals surface area (Å²) in [4.78, 5) is 4.13. The molecule has 2 nitrogen and oxygen atoms in total. The van der Waals surface area contributed by atoms with E-state index in [-0.39, 0.29) is 0 Å². The number of hydrogen-bond donors (Lipinski definition) is 1. The van der Waals surface area contributed by atoms with Crippen molar-refractivity contribution in [1.29, 1.82) is 0 Å². The fraction of sp³-hybridized carbons (Fsp3) is 0.0625. The Morgan fingerprint density at radius 3 is 2.52 bits per heavy atom. The number of halogens is 3. The predicted molar refractivity (Wildman–Crippen MR) is 90.5 cm³/mol. The highest BCUT2D eigenvalue weighted by Gasteiger charge is 2.08. The molecule has 5 heteroatoms. The van der Waals surface area contributed by atoms with Crippen LogP contribution in [0.5, 0.6) is 0 Å². The number of pyridine rings is 1. The molecule has 106 valence electrons. The van der Waals surface area contributed by atoms with Crippen LogP contribution < -0.4 is 5.32 Å². The van der Waals surface area contributed by atoms with E-state index in [2.05, 4.69) is 16.4 Å². The van der Waals surface area contributed by atoms with Gasteiger partial charge in [0.05, 0.1) is 15.7 Å². The first-order chi connectivity index (χ1) is 10.1. The summed E-state index contributed by atoms with van der Waals surface area (Å²) in [6.45, 7) is 0.614. The van der Waals surface area contributed by atoms with Crippen molar-refractivity contribution < 1.29 is 0 Å². The van der Waals surface area contributed by atoms with Gasteiger partial charge in [-0.2, -0.15) is 0 Å². The zero-order chi connectivity index (χ0) is 14.8. The molecule has 0 aliphatic carbocycles. The smallest absolute Gasteiger partial charge is 0.0722 e. The molecule has 21 heavy (non-hydrogen) atoms. The summed E-state index contributed by atoms with van der Waals surface area (Å²) >= 11 is 18.3. The summed E-state index contributed by atoms with van der Waals surface area (Å²) in [5.41, 5.74) is 1.84. The molecule has 0 saturated carbocycles. The molecule has 3 rings (SSSR count). The quantitative estimate of drug-likeness (QED) is 0.652. The number of anilines is 1. The Balaban J connectivity index is 1.91. The van der Waals surface area contributed by atoms with E-state index in [4.69, 9.17) is 34.8 Å². The minimum atomic E-state index is 0.509. The molecular weight excluding hydrogens is 327 g/mol. The number of nitrogens with one attached hydrogen (secondary N) is 1. The van der Waals surface area contributed by atoms with E-state index in [1.54, 1.807) is 18.3 Å². The van der Waals surface area contributed by atoms with Gasteiger partial charge in [0.1, 0.15) is 0 Å². The van der Waals surface area contributed by atoms with Gasteiger partial charge in [-0.3, -0.25) is 4.98 Å². The number of hydrogen-bond acceptors (Lipinski definition) is 2. The summed E-state index contributed by atoms with van der Waals surface area (Å²) < 4.78 is 0. The van der Waals surface area contributed by atoms with Gasteiger partial charge in [-0.1, -0.05) is 53.0 Å². The summed E-state index contributed by atoms with van der Waals surface area (Å²) in [7, 11) is 0. The van der Waals surface area contributed by atoms with Crippen LogP contribution >= 0.6 is 34.8 Å². The highest BCUT2D eigenvalue weighted by atomic mass is 35.5. The van der Waals surface area contributed by atoms with E-state index in [1.807, 2.05) is 24.4 Å². The molecule has 0 radical (unpaired) electrons. The van der Waals surface area contributed by atoms with Gasteiger partial charge in [0, 0.05) is 29.3 Å². The zero-order valence-electron chi connectivity index (χ0n) is 10.9. The molecule has 0 bridgehead atoms. The van der Waals surface area contributed by atoms with Crippen LogP contribution in [0.2, 0.25) is 15.1 Å². The van der Waals surface area contributed by atoms with Crippen molar-refractivity contribution in [2.24, 2.45) is 0 Å². The van der Waals surface area contributed by atoms with Crippen LogP contribution in [0.1, 0.15) is 5.56 Å². The van der Waals surface area contributed by atoms with E-state index in [0.717, 1.165) is 16.3 Å². The summed E-state index contributed by atoms with van der Waals surface area (Å²) in [6.07, 6.45) is 3.63. The number of nitrogens with zero attached hydrogens (tertiary/aromatic N) is 1. The molecule has 0 fully saturated rings. The van der Waals surface area contributed by atoms with Crippen molar-refractivity contribution in [2.45, 2.75) is 6.54 Å². The topological polar surface area (TPSA) is 24.9 Å². The molecule has 2 aromatic carbocycles. The third-order valence-electron chi connectivity index (χ3n) is 3.23. The van der Waals surface area contributed by atoms with E-state index in [1.165, 1.54) is 0 Å². The second kappa shape index (κ2) is 6.10. The maximum atomic E-state index is 6.18. The van der Waals surface area contributed by atoms with Gasteiger partial charge < -0.3 is 5.32 Å². The Bertz CT molecular complexity index is 774. The average molecular weight is 338 g/mol. The predicted octanol–water partition coefficient (Wildman–Crippen LogP) is 5.81. The summed E-state index contributed by atoms with van der Waals surface area (Å²) in [5, 5.41) is 7.07. The van der Waals surface area contributed by atoms with Crippen molar-refractivity contribution >= 4 is 51.3 Å². The lowest BCUT2D eigenvalue weighted by Crippen LogP contribution is -2.01. The third kappa shape index (κ3) is 3.08. The molecule has 0 unspecified atom stereocenters. The van der Waals surface area contributed by atoms with Crippen molar-refractivity contribution in [3.8, 4) is 0 Å². The highest BCUT2D eigenvalue weighted by Crippen LogP contribution is 2.34. The lowest BCUT2D eigenvalue weighted by atomic mass is 10.1. The first-order valence-corrected chi connectivity index (χ1v) is 7.48. The van der Waals surface area contributed by atoms with Crippen molar-refractivity contribution in [3.05, 3.63) is 69.4 Å². The van der Waals surface area contributed by atoms with Gasteiger partial charge in [0.2, 0.25) is 0 Å². The monoisotopic (exact) mass is 336 g/mol. The number of rotatable bonds is 3. The standard InChI is InChI=1S/C16H11Cl3N2/c17-12-6-14(18)16(15(19)7-12)21-9-11-3-1-2-10-8-20-5-4-13(10)11/h1-8,21H,9H2. The van der Waals surface area contributed by atoms with Crippen LogP contribution in [-0.2, 0) is 6.54 Å². The highest BCUT2D eigenvalue weighted by molar-refractivity contribution is 6.41. The van der Waals surface area contributed by atoms with E-state index >= 15 is 0 Å². The second-order valence-corrected chi connectivity index (χ2v) is 5.86. The Kier molecular flexibility index (Phi) is 4.20. The molecule has 0 aliphatic heterocycles. The van der Waals surface area contributed by atoms with Crippen LogP contribution in [0.3, 0.4) is 0 Å².